The van der Waals surface area contributed by atoms with Crippen molar-refractivity contribution in [3.05, 3.63) is 29.8 Å². The van der Waals surface area contributed by atoms with Crippen LogP contribution in [0.3, 0.4) is 0 Å². The highest BCUT2D eigenvalue weighted by Crippen LogP contribution is 2.26. The fraction of sp³-hybridized carbons (Fsp3) is 0.462. The second kappa shape index (κ2) is 6.54. The van der Waals surface area contributed by atoms with E-state index >= 15 is 0 Å². The average Bonchev–Trinajstić information content (AvgIpc) is 2.29. The Labute approximate surface area is 102 Å². The number of benzene rings is 1. The van der Waals surface area contributed by atoms with Gasteiger partial charge in [-0.05, 0) is 24.0 Å². The zero-order chi connectivity index (χ0) is 12.0. The lowest BCUT2D eigenvalue weighted by molar-refractivity contribution is -0.115. The molecule has 0 radical (unpaired) electrons. The topological polar surface area (TPSA) is 29.1 Å². The quantitative estimate of drug-likeness (QED) is 0.779. The van der Waals surface area contributed by atoms with E-state index < -0.39 is 0 Å². The predicted octanol–water partition coefficient (Wildman–Crippen LogP) is 3.77. The molecule has 0 spiro atoms. The molecule has 88 valence electrons. The molecule has 0 saturated carbocycles. The number of carbonyl (C=O) groups is 1. The number of rotatable bonds is 5. The smallest absolute Gasteiger partial charge is 0.225 e. The minimum atomic E-state index is -0.0225. The van der Waals surface area contributed by atoms with Gasteiger partial charge in [-0.3, -0.25) is 4.79 Å². The summed E-state index contributed by atoms with van der Waals surface area (Å²) in [6.45, 7) is 4.30. The molecular formula is C13H18ClNO. The minimum Gasteiger partial charge on any atom is -0.326 e. The molecule has 0 fully saturated rings. The third kappa shape index (κ3) is 3.53. The molecule has 0 heterocycles. The summed E-state index contributed by atoms with van der Waals surface area (Å²) in [6.07, 6.45) is 1.42. The molecule has 3 heteroatoms. The zero-order valence-corrected chi connectivity index (χ0v) is 10.6. The van der Waals surface area contributed by atoms with E-state index in [0.717, 1.165) is 12.1 Å². The number of alkyl halides is 1. The van der Waals surface area contributed by atoms with Crippen molar-refractivity contribution < 1.29 is 4.79 Å². The van der Waals surface area contributed by atoms with Crippen molar-refractivity contribution in [3.8, 4) is 0 Å². The highest BCUT2D eigenvalue weighted by Gasteiger charge is 2.10. The number of hydrogen-bond donors (Lipinski definition) is 1. The first-order valence-corrected chi connectivity index (χ1v) is 6.17. The van der Waals surface area contributed by atoms with Gasteiger partial charge < -0.3 is 5.32 Å². The first-order chi connectivity index (χ1) is 7.69. The van der Waals surface area contributed by atoms with Gasteiger partial charge in [0.25, 0.3) is 0 Å². The van der Waals surface area contributed by atoms with Crippen LogP contribution in [0.25, 0.3) is 0 Å². The van der Waals surface area contributed by atoms with Gasteiger partial charge in [-0.1, -0.05) is 32.0 Å². The maximum absolute atomic E-state index is 11.5. The van der Waals surface area contributed by atoms with Crippen molar-refractivity contribution in [1.82, 2.24) is 0 Å². The normalized spacial score (nSPS) is 12.2. The summed E-state index contributed by atoms with van der Waals surface area (Å²) >= 11 is 5.53. The molecule has 0 bridgehead atoms. The van der Waals surface area contributed by atoms with E-state index in [2.05, 4.69) is 25.2 Å². The standard InChI is InChI=1S/C13H18ClNO/c1-3-10(2)11-6-4-5-7-12(11)15-13(16)8-9-14/h4-7,10H,3,8-9H2,1-2H3,(H,15,16)/t10-/m0/s1. The van der Waals surface area contributed by atoms with Crippen LogP contribution in [0.15, 0.2) is 24.3 Å². The minimum absolute atomic E-state index is 0.0225. The molecule has 0 aliphatic rings. The second-order valence-corrected chi connectivity index (χ2v) is 4.26. The predicted molar refractivity (Wildman–Crippen MR) is 69.1 cm³/mol. The third-order valence-electron chi connectivity index (χ3n) is 2.70. The van der Waals surface area contributed by atoms with Crippen LogP contribution >= 0.6 is 11.6 Å². The van der Waals surface area contributed by atoms with Gasteiger partial charge in [-0.15, -0.1) is 11.6 Å². The molecule has 0 unspecified atom stereocenters. The number of halogens is 1. The van der Waals surface area contributed by atoms with E-state index in [1.807, 2.05) is 18.2 Å². The molecular weight excluding hydrogens is 222 g/mol. The first-order valence-electron chi connectivity index (χ1n) is 5.63. The molecule has 1 rings (SSSR count). The average molecular weight is 240 g/mol. The van der Waals surface area contributed by atoms with Crippen LogP contribution < -0.4 is 5.32 Å². The van der Waals surface area contributed by atoms with Gasteiger partial charge in [-0.25, -0.2) is 0 Å². The molecule has 16 heavy (non-hydrogen) atoms. The molecule has 1 aromatic carbocycles. The molecule has 2 nitrogen and oxygen atoms in total. The van der Waals surface area contributed by atoms with Crippen molar-refractivity contribution >= 4 is 23.2 Å². The number of nitrogens with one attached hydrogen (secondary N) is 1. The maximum atomic E-state index is 11.5. The van der Waals surface area contributed by atoms with Gasteiger partial charge in [0, 0.05) is 18.0 Å². The van der Waals surface area contributed by atoms with Crippen LogP contribution in [-0.2, 0) is 4.79 Å². The van der Waals surface area contributed by atoms with E-state index in [-0.39, 0.29) is 5.91 Å². The van der Waals surface area contributed by atoms with Crippen molar-refractivity contribution in [2.75, 3.05) is 11.2 Å². The van der Waals surface area contributed by atoms with Crippen LogP contribution in [0.4, 0.5) is 5.69 Å². The summed E-state index contributed by atoms with van der Waals surface area (Å²) in [7, 11) is 0. The van der Waals surface area contributed by atoms with Crippen LogP contribution in [0.1, 0.15) is 38.2 Å². The molecule has 1 atom stereocenters. The van der Waals surface area contributed by atoms with Crippen LogP contribution in [0.5, 0.6) is 0 Å². The number of carbonyl (C=O) groups excluding carboxylic acids is 1. The van der Waals surface area contributed by atoms with Crippen molar-refractivity contribution in [2.24, 2.45) is 0 Å². The summed E-state index contributed by atoms with van der Waals surface area (Å²) in [5, 5.41) is 2.90. The fourth-order valence-corrected chi connectivity index (χ4v) is 1.73. The van der Waals surface area contributed by atoms with Gasteiger partial charge in [-0.2, -0.15) is 0 Å². The van der Waals surface area contributed by atoms with E-state index in [9.17, 15) is 4.79 Å². The van der Waals surface area contributed by atoms with Gasteiger partial charge >= 0.3 is 0 Å². The van der Waals surface area contributed by atoms with Crippen molar-refractivity contribution in [3.63, 3.8) is 0 Å². The Morgan fingerprint density at radius 3 is 2.75 bits per heavy atom. The Hall–Kier alpha value is -1.02. The van der Waals surface area contributed by atoms with E-state index in [1.165, 1.54) is 5.56 Å². The van der Waals surface area contributed by atoms with Crippen LogP contribution in [-0.4, -0.2) is 11.8 Å². The largest absolute Gasteiger partial charge is 0.326 e. The first kappa shape index (κ1) is 13.0. The number of hydrogen-bond acceptors (Lipinski definition) is 1. The van der Waals surface area contributed by atoms with E-state index in [0.29, 0.717) is 18.2 Å². The lowest BCUT2D eigenvalue weighted by Crippen LogP contribution is -2.13. The molecule has 0 aliphatic heterocycles. The highest BCUT2D eigenvalue weighted by atomic mass is 35.5. The Bertz CT molecular complexity index is 352. The molecule has 1 N–H and O–H groups in total. The lowest BCUT2D eigenvalue weighted by atomic mass is 9.97. The zero-order valence-electron chi connectivity index (χ0n) is 9.79. The molecule has 1 amide bonds. The monoisotopic (exact) mass is 239 g/mol. The number of para-hydroxylation sites is 1. The molecule has 0 saturated heterocycles. The fourth-order valence-electron chi connectivity index (χ4n) is 1.56. The summed E-state index contributed by atoms with van der Waals surface area (Å²) in [5.74, 6) is 0.787. The summed E-state index contributed by atoms with van der Waals surface area (Å²) in [4.78, 5) is 11.5. The van der Waals surface area contributed by atoms with Crippen molar-refractivity contribution in [2.45, 2.75) is 32.6 Å². The molecule has 1 aromatic rings. The van der Waals surface area contributed by atoms with Crippen LogP contribution in [0.2, 0.25) is 0 Å². The Morgan fingerprint density at radius 2 is 2.12 bits per heavy atom. The lowest BCUT2D eigenvalue weighted by Gasteiger charge is -2.15. The molecule has 0 aromatic heterocycles. The van der Waals surface area contributed by atoms with E-state index in [4.69, 9.17) is 11.6 Å². The summed E-state index contributed by atoms with van der Waals surface area (Å²) in [6, 6.07) is 7.93. The second-order valence-electron chi connectivity index (χ2n) is 3.88. The van der Waals surface area contributed by atoms with Gasteiger partial charge in [0.15, 0.2) is 0 Å². The van der Waals surface area contributed by atoms with E-state index in [1.54, 1.807) is 0 Å². The van der Waals surface area contributed by atoms with Gasteiger partial charge in [0.2, 0.25) is 5.91 Å². The Morgan fingerprint density at radius 1 is 1.44 bits per heavy atom. The van der Waals surface area contributed by atoms with Gasteiger partial charge in [0.05, 0.1) is 0 Å². The number of anilines is 1. The SMILES string of the molecule is CC[C@H](C)c1ccccc1NC(=O)CCCl. The maximum Gasteiger partial charge on any atom is 0.225 e. The Balaban J connectivity index is 2.82. The third-order valence-corrected chi connectivity index (χ3v) is 2.89. The Kier molecular flexibility index (Phi) is 5.33. The highest BCUT2D eigenvalue weighted by molar-refractivity contribution is 6.19. The van der Waals surface area contributed by atoms with Crippen LogP contribution in [0, 0.1) is 0 Å². The van der Waals surface area contributed by atoms with Gasteiger partial charge in [0.1, 0.15) is 0 Å². The summed E-state index contributed by atoms with van der Waals surface area (Å²) < 4.78 is 0. The summed E-state index contributed by atoms with van der Waals surface area (Å²) in [5.41, 5.74) is 2.10. The van der Waals surface area contributed by atoms with Crippen molar-refractivity contribution in [1.29, 1.82) is 0 Å². The number of amides is 1. The molecule has 0 aliphatic carbocycles.